The van der Waals surface area contributed by atoms with Gasteiger partial charge in [0.15, 0.2) is 15.6 Å². The van der Waals surface area contributed by atoms with Crippen molar-refractivity contribution in [1.82, 2.24) is 0 Å². The Labute approximate surface area is 287 Å². The van der Waals surface area contributed by atoms with E-state index in [1.54, 1.807) is 0 Å². The molecule has 22 nitrogen and oxygen atoms in total. The molecule has 0 radical (unpaired) electrons. The molecule has 0 saturated heterocycles. The highest BCUT2D eigenvalue weighted by atomic mass is 32.3. The highest BCUT2D eigenvalue weighted by Crippen LogP contribution is 2.48. The predicted molar refractivity (Wildman–Crippen MR) is 172 cm³/mol. The number of anilines is 1. The minimum atomic E-state index is -5.33. The summed E-state index contributed by atoms with van der Waals surface area (Å²) >= 11 is 0. The van der Waals surface area contributed by atoms with Gasteiger partial charge in [-0.25, -0.2) is 12.6 Å². The maximum atomic E-state index is 12.4. The maximum absolute atomic E-state index is 12.4. The van der Waals surface area contributed by atoms with Crippen molar-refractivity contribution in [3.63, 3.8) is 0 Å². The lowest BCUT2D eigenvalue weighted by Gasteiger charge is -2.14. The first-order chi connectivity index (χ1) is 23.3. The average Bonchev–Trinajstić information content (AvgIpc) is 2.98. The number of aromatic hydroxyl groups is 2. The van der Waals surface area contributed by atoms with E-state index in [0.29, 0.717) is 18.2 Å². The van der Waals surface area contributed by atoms with Gasteiger partial charge in [0.25, 0.3) is 30.4 Å². The Balaban J connectivity index is 1.86. The van der Waals surface area contributed by atoms with E-state index in [0.717, 1.165) is 36.4 Å². The number of sulfone groups is 1. The molecule has 0 aliphatic heterocycles. The number of benzene rings is 4. The van der Waals surface area contributed by atoms with Crippen molar-refractivity contribution < 1.29 is 74.7 Å². The third kappa shape index (κ3) is 9.15. The van der Waals surface area contributed by atoms with Crippen LogP contribution in [0.25, 0.3) is 10.8 Å². The van der Waals surface area contributed by atoms with Crippen molar-refractivity contribution in [3.8, 4) is 11.5 Å². The monoisotopic (exact) mass is 811 g/mol. The van der Waals surface area contributed by atoms with Crippen molar-refractivity contribution in [2.24, 2.45) is 20.5 Å². The molecule has 51 heavy (non-hydrogen) atoms. The molecule has 0 unspecified atom stereocenters. The van der Waals surface area contributed by atoms with E-state index in [2.05, 4.69) is 24.6 Å². The van der Waals surface area contributed by atoms with E-state index >= 15 is 0 Å². The van der Waals surface area contributed by atoms with Gasteiger partial charge in [-0.2, -0.15) is 38.8 Å². The zero-order valence-corrected chi connectivity index (χ0v) is 28.8. The van der Waals surface area contributed by atoms with Crippen LogP contribution in [0.2, 0.25) is 0 Å². The summed E-state index contributed by atoms with van der Waals surface area (Å²) in [6.07, 6.45) is 0. The van der Waals surface area contributed by atoms with Gasteiger partial charge in [-0.05, 0) is 60.0 Å². The average molecular weight is 812 g/mol. The van der Waals surface area contributed by atoms with Crippen LogP contribution in [0.1, 0.15) is 0 Å². The Kier molecular flexibility index (Phi) is 10.6. The van der Waals surface area contributed by atoms with Crippen LogP contribution in [0.4, 0.5) is 28.4 Å². The van der Waals surface area contributed by atoms with Crippen LogP contribution in [0, 0.1) is 0 Å². The molecule has 274 valence electrons. The number of hydrogen-bond acceptors (Lipinski definition) is 18. The maximum Gasteiger partial charge on any atom is 0.397 e. The minimum absolute atomic E-state index is 0.156. The van der Waals surface area contributed by atoms with Crippen molar-refractivity contribution in [1.29, 1.82) is 0 Å². The van der Waals surface area contributed by atoms with Crippen LogP contribution >= 0.6 is 0 Å². The van der Waals surface area contributed by atoms with E-state index in [-0.39, 0.29) is 10.6 Å². The standard InChI is InChI=1S/C24H21N5O17S5/c25-21-20-12(10-19(50(40,41)42)23(24(20)31)29-27-16-11-15(48(34,35)36)5-6-17(16)30)9-18(49(37,38)39)22(21)28-26-13-1-3-14(4-2-13)47(32,33)8-7-46-51(43,44)45/h1-6,9-11,30-31H,7-8,25H2,(H,34,35,36)(H,37,38,39)(H,40,41,42)(H,43,44,45). The second-order valence-corrected chi connectivity index (χ2v) is 17.2. The molecule has 0 aliphatic carbocycles. The molecule has 4 rings (SSSR count). The van der Waals surface area contributed by atoms with Gasteiger partial charge in [-0.1, -0.05) is 0 Å². The van der Waals surface area contributed by atoms with E-state index in [1.807, 2.05) is 0 Å². The number of phenols is 2. The highest BCUT2D eigenvalue weighted by Gasteiger charge is 2.28. The molecule has 0 atom stereocenters. The van der Waals surface area contributed by atoms with E-state index in [4.69, 9.17) is 10.3 Å². The summed E-state index contributed by atoms with van der Waals surface area (Å²) in [7, 11) is -24.4. The molecular weight excluding hydrogens is 791 g/mol. The lowest BCUT2D eigenvalue weighted by Crippen LogP contribution is -2.15. The van der Waals surface area contributed by atoms with Gasteiger partial charge in [0.05, 0.1) is 38.9 Å². The SMILES string of the molecule is Nc1c(N=Nc2ccc(S(=O)(=O)CCOS(=O)(=O)O)cc2)c(S(=O)(=O)O)cc2cc(S(=O)(=O)O)c(N=Nc3cc(S(=O)(=O)O)ccc3O)c(O)c12. The summed E-state index contributed by atoms with van der Waals surface area (Å²) in [5.74, 6) is -2.80. The Morgan fingerprint density at radius 2 is 1.16 bits per heavy atom. The van der Waals surface area contributed by atoms with Crippen molar-refractivity contribution >= 4 is 89.8 Å². The molecule has 0 bridgehead atoms. The second-order valence-electron chi connectivity index (χ2n) is 9.85. The smallest absolute Gasteiger partial charge is 0.397 e. The van der Waals surface area contributed by atoms with Crippen LogP contribution in [-0.2, 0) is 54.8 Å². The molecule has 0 saturated carbocycles. The van der Waals surface area contributed by atoms with Crippen molar-refractivity contribution in [2.45, 2.75) is 19.6 Å². The quantitative estimate of drug-likeness (QED) is 0.0614. The lowest BCUT2D eigenvalue weighted by atomic mass is 10.1. The summed E-state index contributed by atoms with van der Waals surface area (Å²) in [5.41, 5.74) is 2.57. The van der Waals surface area contributed by atoms with E-state index in [1.165, 1.54) is 0 Å². The van der Waals surface area contributed by atoms with Gasteiger partial charge in [0, 0.05) is 0 Å². The Morgan fingerprint density at radius 3 is 1.69 bits per heavy atom. The third-order valence-corrected chi connectivity index (χ3v) is 11.2. The number of hydrogen-bond donors (Lipinski definition) is 7. The van der Waals surface area contributed by atoms with Gasteiger partial charge < -0.3 is 15.9 Å². The zero-order chi connectivity index (χ0) is 38.3. The Morgan fingerprint density at radius 1 is 0.627 bits per heavy atom. The molecule has 0 fully saturated rings. The van der Waals surface area contributed by atoms with E-state index in [9.17, 15) is 66.0 Å². The molecule has 4 aromatic rings. The van der Waals surface area contributed by atoms with Gasteiger partial charge in [0.2, 0.25) is 0 Å². The second kappa shape index (κ2) is 13.8. The minimum Gasteiger partial charge on any atom is -0.506 e. The summed E-state index contributed by atoms with van der Waals surface area (Å²) in [5, 5.41) is 34.5. The molecule has 0 amide bonds. The summed E-state index contributed by atoms with van der Waals surface area (Å²) in [6, 6.07) is 7.45. The molecule has 27 heteroatoms. The number of rotatable bonds is 12. The van der Waals surface area contributed by atoms with Crippen LogP contribution in [-0.4, -0.2) is 82.9 Å². The lowest BCUT2D eigenvalue weighted by molar-refractivity contribution is 0.284. The van der Waals surface area contributed by atoms with Crippen LogP contribution in [0.15, 0.2) is 94.6 Å². The molecule has 8 N–H and O–H groups in total. The number of nitrogens with two attached hydrogens (primary N) is 1. The predicted octanol–water partition coefficient (Wildman–Crippen LogP) is 3.00. The number of fused-ring (bicyclic) bond motifs is 1. The van der Waals surface area contributed by atoms with Crippen molar-refractivity contribution in [3.05, 3.63) is 54.6 Å². The largest absolute Gasteiger partial charge is 0.506 e. The fourth-order valence-corrected chi connectivity index (χ4v) is 7.46. The van der Waals surface area contributed by atoms with Crippen LogP contribution < -0.4 is 5.73 Å². The van der Waals surface area contributed by atoms with Gasteiger partial charge >= 0.3 is 10.4 Å². The first-order valence-electron chi connectivity index (χ1n) is 13.0. The molecule has 0 aromatic heterocycles. The highest BCUT2D eigenvalue weighted by molar-refractivity contribution is 7.91. The molecule has 0 aliphatic rings. The molecule has 0 spiro atoms. The summed E-state index contributed by atoms with van der Waals surface area (Å²) < 4.78 is 160. The molecular formula is C24H21N5O17S5. The van der Waals surface area contributed by atoms with E-state index < -0.39 is 123 Å². The van der Waals surface area contributed by atoms with Crippen molar-refractivity contribution in [2.75, 3.05) is 18.1 Å². The summed E-state index contributed by atoms with van der Waals surface area (Å²) in [6.45, 7) is -0.909. The summed E-state index contributed by atoms with van der Waals surface area (Å²) in [4.78, 5) is -3.43. The Bertz CT molecular complexity index is 2700. The first-order valence-corrected chi connectivity index (χ1v) is 20.3. The number of phenolic OH excluding ortho intramolecular Hbond substituents is 2. The fourth-order valence-electron chi connectivity index (χ4n) is 4.15. The van der Waals surface area contributed by atoms with Crippen LogP contribution in [0.3, 0.4) is 0 Å². The zero-order valence-electron chi connectivity index (χ0n) is 24.7. The fraction of sp³-hybridized carbons (Fsp3) is 0.0833. The molecule has 0 heterocycles. The third-order valence-electron chi connectivity index (χ3n) is 6.42. The van der Waals surface area contributed by atoms with Gasteiger partial charge in [0.1, 0.15) is 32.6 Å². The normalized spacial score (nSPS) is 13.4. The molecule has 4 aromatic carbocycles. The Hall–Kier alpha value is -4.71. The topological polar surface area (TPSA) is 377 Å². The first kappa shape index (κ1) is 39.1. The number of nitrogens with zero attached hydrogens (tertiary/aromatic N) is 4. The number of azo groups is 2. The number of nitrogen functional groups attached to an aromatic ring is 1. The van der Waals surface area contributed by atoms with Crippen LogP contribution in [0.5, 0.6) is 11.5 Å². The van der Waals surface area contributed by atoms with Gasteiger partial charge in [-0.3, -0.25) is 18.2 Å². The van der Waals surface area contributed by atoms with Gasteiger partial charge in [-0.15, -0.1) is 15.3 Å².